The fraction of sp³-hybridized carbons (Fsp3) is 0.833. The van der Waals surface area contributed by atoms with E-state index in [1.54, 1.807) is 5.57 Å². The molecule has 0 saturated carbocycles. The minimum Gasteiger partial charge on any atom is -0.356 e. The number of amides is 1. The number of hydrogen-bond acceptors (Lipinski definition) is 1. The highest BCUT2D eigenvalue weighted by Crippen LogP contribution is 2.19. The summed E-state index contributed by atoms with van der Waals surface area (Å²) >= 11 is 0. The van der Waals surface area contributed by atoms with Gasteiger partial charge in [-0.1, -0.05) is 57.1 Å². The molecular formula is C18H33NO. The van der Waals surface area contributed by atoms with E-state index >= 15 is 0 Å². The summed E-state index contributed by atoms with van der Waals surface area (Å²) < 4.78 is 0. The van der Waals surface area contributed by atoms with Gasteiger partial charge in [-0.3, -0.25) is 4.79 Å². The van der Waals surface area contributed by atoms with E-state index in [2.05, 4.69) is 18.3 Å². The number of nitrogens with one attached hydrogen (secondary N) is 1. The summed E-state index contributed by atoms with van der Waals surface area (Å²) in [6.45, 7) is 3.08. The maximum atomic E-state index is 11.7. The second-order valence-corrected chi connectivity index (χ2v) is 6.08. The number of allylic oxidation sites excluding steroid dienone is 1. The molecule has 1 aliphatic carbocycles. The van der Waals surface area contributed by atoms with Crippen LogP contribution in [0.3, 0.4) is 0 Å². The van der Waals surface area contributed by atoms with Gasteiger partial charge in [0, 0.05) is 13.0 Å². The van der Waals surface area contributed by atoms with Crippen molar-refractivity contribution in [3.63, 3.8) is 0 Å². The van der Waals surface area contributed by atoms with Crippen LogP contribution in [0.1, 0.15) is 90.4 Å². The third-order valence-corrected chi connectivity index (χ3v) is 4.16. The lowest BCUT2D eigenvalue weighted by atomic mass is 9.97. The first kappa shape index (κ1) is 17.3. The Morgan fingerprint density at radius 1 is 1.10 bits per heavy atom. The first-order valence-corrected chi connectivity index (χ1v) is 8.77. The van der Waals surface area contributed by atoms with Gasteiger partial charge in [-0.25, -0.2) is 0 Å². The van der Waals surface area contributed by atoms with E-state index in [0.717, 1.165) is 19.4 Å². The van der Waals surface area contributed by atoms with E-state index in [9.17, 15) is 4.79 Å². The summed E-state index contributed by atoms with van der Waals surface area (Å²) in [6.07, 6.45) is 18.2. The van der Waals surface area contributed by atoms with Crippen molar-refractivity contribution in [1.82, 2.24) is 5.32 Å². The number of unbranched alkanes of at least 4 members (excludes halogenated alkanes) is 6. The smallest absolute Gasteiger partial charge is 0.220 e. The van der Waals surface area contributed by atoms with Crippen molar-refractivity contribution in [3.8, 4) is 0 Å². The molecular weight excluding hydrogens is 246 g/mol. The summed E-state index contributed by atoms with van der Waals surface area (Å²) in [7, 11) is 0. The molecule has 20 heavy (non-hydrogen) atoms. The quantitative estimate of drug-likeness (QED) is 0.412. The number of carbonyl (C=O) groups excluding carboxylic acids is 1. The molecule has 2 heteroatoms. The Hall–Kier alpha value is -0.790. The van der Waals surface area contributed by atoms with Gasteiger partial charge >= 0.3 is 0 Å². The van der Waals surface area contributed by atoms with Crippen LogP contribution in [0, 0.1) is 0 Å². The fourth-order valence-corrected chi connectivity index (χ4v) is 2.83. The number of carbonyl (C=O) groups is 1. The van der Waals surface area contributed by atoms with Crippen molar-refractivity contribution in [1.29, 1.82) is 0 Å². The molecule has 1 amide bonds. The average Bonchev–Trinajstić information content (AvgIpc) is 2.47. The first-order valence-electron chi connectivity index (χ1n) is 8.77. The summed E-state index contributed by atoms with van der Waals surface area (Å²) in [5.74, 6) is 0.245. The highest BCUT2D eigenvalue weighted by atomic mass is 16.1. The van der Waals surface area contributed by atoms with E-state index in [4.69, 9.17) is 0 Å². The molecule has 0 radical (unpaired) electrons. The van der Waals surface area contributed by atoms with Crippen LogP contribution in [0.2, 0.25) is 0 Å². The van der Waals surface area contributed by atoms with Gasteiger partial charge in [0.05, 0.1) is 0 Å². The van der Waals surface area contributed by atoms with E-state index in [1.807, 2.05) is 0 Å². The molecule has 0 heterocycles. The molecule has 1 rings (SSSR count). The van der Waals surface area contributed by atoms with Crippen molar-refractivity contribution >= 4 is 5.91 Å². The van der Waals surface area contributed by atoms with E-state index in [1.165, 1.54) is 64.2 Å². The van der Waals surface area contributed by atoms with E-state index in [0.29, 0.717) is 6.42 Å². The molecule has 0 fully saturated rings. The molecule has 1 N–H and O–H groups in total. The van der Waals surface area contributed by atoms with Gasteiger partial charge in [0.2, 0.25) is 5.91 Å². The largest absolute Gasteiger partial charge is 0.356 e. The molecule has 0 atom stereocenters. The van der Waals surface area contributed by atoms with Crippen molar-refractivity contribution in [3.05, 3.63) is 11.6 Å². The summed E-state index contributed by atoms with van der Waals surface area (Å²) in [5.41, 5.74) is 1.55. The Bertz CT molecular complexity index is 283. The minimum absolute atomic E-state index is 0.245. The molecule has 1 aliphatic rings. The lowest BCUT2D eigenvalue weighted by molar-refractivity contribution is -0.121. The zero-order valence-electron chi connectivity index (χ0n) is 13.4. The van der Waals surface area contributed by atoms with Crippen LogP contribution in [0.25, 0.3) is 0 Å². The maximum Gasteiger partial charge on any atom is 0.220 e. The second-order valence-electron chi connectivity index (χ2n) is 6.08. The number of hydrogen-bond donors (Lipinski definition) is 1. The Morgan fingerprint density at radius 3 is 2.55 bits per heavy atom. The van der Waals surface area contributed by atoms with Gasteiger partial charge in [0.25, 0.3) is 0 Å². The summed E-state index contributed by atoms with van der Waals surface area (Å²) in [4.78, 5) is 11.7. The van der Waals surface area contributed by atoms with E-state index in [-0.39, 0.29) is 5.91 Å². The molecule has 0 aliphatic heterocycles. The van der Waals surface area contributed by atoms with E-state index < -0.39 is 0 Å². The Kier molecular flexibility index (Phi) is 10.3. The monoisotopic (exact) mass is 279 g/mol. The molecule has 0 aromatic carbocycles. The van der Waals surface area contributed by atoms with Crippen LogP contribution in [-0.2, 0) is 4.79 Å². The summed E-state index contributed by atoms with van der Waals surface area (Å²) in [5, 5.41) is 3.06. The van der Waals surface area contributed by atoms with Gasteiger partial charge in [0.1, 0.15) is 0 Å². The van der Waals surface area contributed by atoms with Gasteiger partial charge < -0.3 is 5.32 Å². The second kappa shape index (κ2) is 12.0. The third-order valence-electron chi connectivity index (χ3n) is 4.16. The van der Waals surface area contributed by atoms with Crippen LogP contribution >= 0.6 is 0 Å². The van der Waals surface area contributed by atoms with Crippen LogP contribution in [-0.4, -0.2) is 12.5 Å². The normalized spacial score (nSPS) is 14.9. The zero-order chi connectivity index (χ0) is 14.5. The van der Waals surface area contributed by atoms with Gasteiger partial charge in [-0.15, -0.1) is 0 Å². The van der Waals surface area contributed by atoms with Crippen LogP contribution in [0.4, 0.5) is 0 Å². The molecule has 2 nitrogen and oxygen atoms in total. The molecule has 0 unspecified atom stereocenters. The zero-order valence-corrected chi connectivity index (χ0v) is 13.4. The predicted octanol–water partition coefficient (Wildman–Crippen LogP) is 5.13. The van der Waals surface area contributed by atoms with Gasteiger partial charge in [0.15, 0.2) is 0 Å². The predicted molar refractivity (Wildman–Crippen MR) is 86.8 cm³/mol. The molecule has 0 aromatic rings. The molecule has 0 spiro atoms. The van der Waals surface area contributed by atoms with Gasteiger partial charge in [-0.2, -0.15) is 0 Å². The van der Waals surface area contributed by atoms with Crippen molar-refractivity contribution < 1.29 is 4.79 Å². The van der Waals surface area contributed by atoms with Crippen molar-refractivity contribution in [2.24, 2.45) is 0 Å². The minimum atomic E-state index is 0.245. The van der Waals surface area contributed by atoms with Crippen molar-refractivity contribution in [2.75, 3.05) is 6.54 Å². The SMILES string of the molecule is CCCCCCCCCC(=O)NCCC1=CCCCC1. The van der Waals surface area contributed by atoms with Gasteiger partial charge in [-0.05, 0) is 38.5 Å². The average molecular weight is 279 g/mol. The topological polar surface area (TPSA) is 29.1 Å². The standard InChI is InChI=1S/C18H33NO/c1-2-3-4-5-6-7-11-14-18(20)19-16-15-17-12-9-8-10-13-17/h12H,2-11,13-16H2,1H3,(H,19,20). The lowest BCUT2D eigenvalue weighted by Crippen LogP contribution is -2.24. The van der Waals surface area contributed by atoms with Crippen LogP contribution < -0.4 is 5.32 Å². The maximum absolute atomic E-state index is 11.7. The number of rotatable bonds is 11. The lowest BCUT2D eigenvalue weighted by Gasteiger charge is -2.12. The Labute approximate surface area is 125 Å². The molecule has 116 valence electrons. The molecule has 0 saturated heterocycles. The van der Waals surface area contributed by atoms with Crippen molar-refractivity contribution in [2.45, 2.75) is 90.4 Å². The highest BCUT2D eigenvalue weighted by Gasteiger charge is 2.05. The Morgan fingerprint density at radius 2 is 1.85 bits per heavy atom. The van der Waals surface area contributed by atoms with Crippen LogP contribution in [0.5, 0.6) is 0 Å². The molecule has 0 aromatic heterocycles. The fourth-order valence-electron chi connectivity index (χ4n) is 2.83. The highest BCUT2D eigenvalue weighted by molar-refractivity contribution is 5.75. The third kappa shape index (κ3) is 9.17. The Balaban J connectivity index is 1.88. The molecule has 0 bridgehead atoms. The first-order chi connectivity index (χ1) is 9.83. The van der Waals surface area contributed by atoms with Crippen LogP contribution in [0.15, 0.2) is 11.6 Å². The summed E-state index contributed by atoms with van der Waals surface area (Å²) in [6, 6.07) is 0.